The summed E-state index contributed by atoms with van der Waals surface area (Å²) < 4.78 is 11.2. The lowest BCUT2D eigenvalue weighted by Crippen LogP contribution is -2.09. The Morgan fingerprint density at radius 3 is 2.33 bits per heavy atom. The Hall–Kier alpha value is -2.49. The van der Waals surface area contributed by atoms with Gasteiger partial charge < -0.3 is 14.8 Å². The summed E-state index contributed by atoms with van der Waals surface area (Å²) in [6.45, 7) is 4.42. The van der Waals surface area contributed by atoms with E-state index in [1.807, 2.05) is 49.4 Å². The minimum absolute atomic E-state index is 0.102. The van der Waals surface area contributed by atoms with E-state index in [-0.39, 0.29) is 5.91 Å². The Labute approximate surface area is 124 Å². The molecule has 110 valence electrons. The van der Waals surface area contributed by atoms with Crippen LogP contribution in [0.2, 0.25) is 0 Å². The molecule has 0 bridgehead atoms. The van der Waals surface area contributed by atoms with Crippen molar-refractivity contribution in [2.45, 2.75) is 13.8 Å². The molecule has 4 heteroatoms. The molecule has 0 aliphatic carbocycles. The smallest absolute Gasteiger partial charge is 0.221 e. The SMILES string of the molecule is CC(=O)Nc1cccc(OCCOc2ccc(C)cc2)c1. The highest BCUT2D eigenvalue weighted by molar-refractivity contribution is 5.88. The molecule has 0 radical (unpaired) electrons. The van der Waals surface area contributed by atoms with Crippen molar-refractivity contribution >= 4 is 11.6 Å². The lowest BCUT2D eigenvalue weighted by molar-refractivity contribution is -0.114. The fourth-order valence-electron chi connectivity index (χ4n) is 1.82. The molecule has 0 aliphatic rings. The van der Waals surface area contributed by atoms with Gasteiger partial charge in [0.1, 0.15) is 24.7 Å². The van der Waals surface area contributed by atoms with Crippen molar-refractivity contribution in [3.8, 4) is 11.5 Å². The maximum Gasteiger partial charge on any atom is 0.221 e. The van der Waals surface area contributed by atoms with Crippen LogP contribution < -0.4 is 14.8 Å². The van der Waals surface area contributed by atoms with E-state index in [0.717, 1.165) is 11.4 Å². The summed E-state index contributed by atoms with van der Waals surface area (Å²) in [5.41, 5.74) is 1.92. The van der Waals surface area contributed by atoms with E-state index in [2.05, 4.69) is 5.32 Å². The summed E-state index contributed by atoms with van der Waals surface area (Å²) >= 11 is 0. The lowest BCUT2D eigenvalue weighted by Gasteiger charge is -2.10. The number of aryl methyl sites for hydroxylation is 1. The number of amides is 1. The molecule has 0 fully saturated rings. The zero-order valence-electron chi connectivity index (χ0n) is 12.3. The quantitative estimate of drug-likeness (QED) is 0.827. The van der Waals surface area contributed by atoms with Crippen molar-refractivity contribution in [1.82, 2.24) is 0 Å². The van der Waals surface area contributed by atoms with Gasteiger partial charge in [0.15, 0.2) is 0 Å². The Balaban J connectivity index is 1.78. The van der Waals surface area contributed by atoms with Crippen LogP contribution in [0.3, 0.4) is 0 Å². The van der Waals surface area contributed by atoms with Crippen molar-refractivity contribution in [1.29, 1.82) is 0 Å². The van der Waals surface area contributed by atoms with E-state index in [1.165, 1.54) is 12.5 Å². The van der Waals surface area contributed by atoms with Crippen molar-refractivity contribution in [3.05, 3.63) is 54.1 Å². The molecule has 0 unspecified atom stereocenters. The van der Waals surface area contributed by atoms with Crippen LogP contribution in [0.4, 0.5) is 5.69 Å². The van der Waals surface area contributed by atoms with Crippen LogP contribution in [0.15, 0.2) is 48.5 Å². The van der Waals surface area contributed by atoms with Gasteiger partial charge in [-0.25, -0.2) is 0 Å². The third-order valence-electron chi connectivity index (χ3n) is 2.80. The molecular formula is C17H19NO3. The lowest BCUT2D eigenvalue weighted by atomic mass is 10.2. The molecule has 1 N–H and O–H groups in total. The number of rotatable bonds is 6. The van der Waals surface area contributed by atoms with Crippen molar-refractivity contribution in [2.24, 2.45) is 0 Å². The summed E-state index contributed by atoms with van der Waals surface area (Å²) in [5, 5.41) is 2.72. The highest BCUT2D eigenvalue weighted by atomic mass is 16.5. The largest absolute Gasteiger partial charge is 0.490 e. The predicted molar refractivity (Wildman–Crippen MR) is 82.9 cm³/mol. The van der Waals surface area contributed by atoms with Crippen LogP contribution in [-0.2, 0) is 4.79 Å². The molecule has 0 spiro atoms. The molecular weight excluding hydrogens is 266 g/mol. The van der Waals surface area contributed by atoms with Gasteiger partial charge in [0, 0.05) is 18.7 Å². The number of ether oxygens (including phenoxy) is 2. The minimum Gasteiger partial charge on any atom is -0.490 e. The first-order valence-corrected chi connectivity index (χ1v) is 6.83. The first-order valence-electron chi connectivity index (χ1n) is 6.83. The van der Waals surface area contributed by atoms with Crippen LogP contribution in [0.5, 0.6) is 11.5 Å². The second-order valence-corrected chi connectivity index (χ2v) is 4.72. The number of benzene rings is 2. The molecule has 2 aromatic carbocycles. The van der Waals surface area contributed by atoms with Crippen LogP contribution in [0.25, 0.3) is 0 Å². The Kier molecular flexibility index (Phi) is 5.21. The monoisotopic (exact) mass is 285 g/mol. The molecule has 21 heavy (non-hydrogen) atoms. The molecule has 2 rings (SSSR count). The summed E-state index contributed by atoms with van der Waals surface area (Å²) in [5.74, 6) is 1.43. The zero-order chi connectivity index (χ0) is 15.1. The Morgan fingerprint density at radius 2 is 1.67 bits per heavy atom. The summed E-state index contributed by atoms with van der Waals surface area (Å²) in [6, 6.07) is 15.2. The van der Waals surface area contributed by atoms with Gasteiger partial charge in [-0.15, -0.1) is 0 Å². The number of anilines is 1. The fourth-order valence-corrected chi connectivity index (χ4v) is 1.82. The predicted octanol–water partition coefficient (Wildman–Crippen LogP) is 3.41. The molecule has 0 aromatic heterocycles. The van der Waals surface area contributed by atoms with Crippen molar-refractivity contribution in [3.63, 3.8) is 0 Å². The molecule has 4 nitrogen and oxygen atoms in total. The topological polar surface area (TPSA) is 47.6 Å². The highest BCUT2D eigenvalue weighted by Crippen LogP contribution is 2.17. The van der Waals surface area contributed by atoms with E-state index < -0.39 is 0 Å². The van der Waals surface area contributed by atoms with E-state index in [1.54, 1.807) is 6.07 Å². The number of carbonyl (C=O) groups excluding carboxylic acids is 1. The van der Waals surface area contributed by atoms with Crippen LogP contribution in [-0.4, -0.2) is 19.1 Å². The van der Waals surface area contributed by atoms with Gasteiger partial charge in [-0.3, -0.25) is 4.79 Å². The molecule has 0 aliphatic heterocycles. The first kappa shape index (κ1) is 14.9. The molecule has 0 saturated carbocycles. The van der Waals surface area contributed by atoms with Crippen molar-refractivity contribution < 1.29 is 14.3 Å². The number of nitrogens with one attached hydrogen (secondary N) is 1. The van der Waals surface area contributed by atoms with Gasteiger partial charge in [-0.1, -0.05) is 23.8 Å². The second kappa shape index (κ2) is 7.33. The van der Waals surface area contributed by atoms with Gasteiger partial charge in [0.25, 0.3) is 0 Å². The fraction of sp³-hybridized carbons (Fsp3) is 0.235. The summed E-state index contributed by atoms with van der Waals surface area (Å²) in [4.78, 5) is 11.0. The zero-order valence-corrected chi connectivity index (χ0v) is 12.3. The van der Waals surface area contributed by atoms with Crippen molar-refractivity contribution in [2.75, 3.05) is 18.5 Å². The summed E-state index contributed by atoms with van der Waals surface area (Å²) in [6.07, 6.45) is 0. The first-order chi connectivity index (χ1) is 10.1. The minimum atomic E-state index is -0.102. The number of hydrogen-bond donors (Lipinski definition) is 1. The number of carbonyl (C=O) groups is 1. The van der Waals surface area contributed by atoms with Crippen LogP contribution in [0, 0.1) is 6.92 Å². The standard InChI is InChI=1S/C17H19NO3/c1-13-6-8-16(9-7-13)20-10-11-21-17-5-3-4-15(12-17)18-14(2)19/h3-9,12H,10-11H2,1-2H3,(H,18,19). The van der Waals surface area contributed by atoms with Crippen LogP contribution >= 0.6 is 0 Å². The van der Waals surface area contributed by atoms with Gasteiger partial charge in [0.05, 0.1) is 0 Å². The molecule has 2 aromatic rings. The van der Waals surface area contributed by atoms with E-state index in [4.69, 9.17) is 9.47 Å². The van der Waals surface area contributed by atoms with E-state index in [0.29, 0.717) is 19.0 Å². The second-order valence-electron chi connectivity index (χ2n) is 4.72. The third kappa shape index (κ3) is 5.18. The van der Waals surface area contributed by atoms with E-state index in [9.17, 15) is 4.79 Å². The van der Waals surface area contributed by atoms with Gasteiger partial charge >= 0.3 is 0 Å². The highest BCUT2D eigenvalue weighted by Gasteiger charge is 1.99. The Morgan fingerprint density at radius 1 is 1.00 bits per heavy atom. The molecule has 0 atom stereocenters. The molecule has 0 heterocycles. The van der Waals surface area contributed by atoms with Gasteiger partial charge in [-0.2, -0.15) is 0 Å². The Bertz CT molecular complexity index is 593. The van der Waals surface area contributed by atoms with Gasteiger partial charge in [0.2, 0.25) is 5.91 Å². The molecule has 0 saturated heterocycles. The summed E-state index contributed by atoms with van der Waals surface area (Å²) in [7, 11) is 0. The average molecular weight is 285 g/mol. The van der Waals surface area contributed by atoms with Gasteiger partial charge in [-0.05, 0) is 31.2 Å². The third-order valence-corrected chi connectivity index (χ3v) is 2.80. The maximum atomic E-state index is 11.0. The average Bonchev–Trinajstić information content (AvgIpc) is 2.45. The van der Waals surface area contributed by atoms with E-state index >= 15 is 0 Å². The maximum absolute atomic E-state index is 11.0. The normalized spacial score (nSPS) is 10.0. The molecule has 1 amide bonds. The van der Waals surface area contributed by atoms with Crippen LogP contribution in [0.1, 0.15) is 12.5 Å². The number of hydrogen-bond acceptors (Lipinski definition) is 3.